The molecule has 0 aromatic carbocycles. The molecule has 0 amide bonds. The van der Waals surface area contributed by atoms with Crippen LogP contribution in [0, 0.1) is 5.41 Å². The van der Waals surface area contributed by atoms with Crippen LogP contribution in [0.25, 0.3) is 0 Å². The fraction of sp³-hybridized carbons (Fsp3) is 0.643. The van der Waals surface area contributed by atoms with Crippen molar-refractivity contribution in [2.75, 3.05) is 18.4 Å². The maximum absolute atomic E-state index is 12.6. The van der Waals surface area contributed by atoms with Crippen molar-refractivity contribution in [2.24, 2.45) is 5.41 Å². The SMILES string of the molecule is FC(F)(F)c1cccc(NC[C@@H]2CC3(CCN2)CC3)n1. The summed E-state index contributed by atoms with van der Waals surface area (Å²) in [6.07, 6.45) is 0.545. The van der Waals surface area contributed by atoms with Gasteiger partial charge < -0.3 is 10.6 Å². The molecule has 1 aromatic heterocycles. The number of alkyl halides is 3. The molecule has 20 heavy (non-hydrogen) atoms. The first-order valence-electron chi connectivity index (χ1n) is 6.98. The minimum atomic E-state index is -4.39. The van der Waals surface area contributed by atoms with E-state index in [2.05, 4.69) is 15.6 Å². The Morgan fingerprint density at radius 1 is 1.30 bits per heavy atom. The maximum atomic E-state index is 12.6. The van der Waals surface area contributed by atoms with Crippen molar-refractivity contribution < 1.29 is 13.2 Å². The lowest BCUT2D eigenvalue weighted by Gasteiger charge is -2.30. The number of piperidine rings is 1. The van der Waals surface area contributed by atoms with Crippen molar-refractivity contribution in [2.45, 2.75) is 37.9 Å². The maximum Gasteiger partial charge on any atom is 0.433 e. The third-order valence-electron chi connectivity index (χ3n) is 4.29. The molecular weight excluding hydrogens is 267 g/mol. The second-order valence-electron chi connectivity index (χ2n) is 5.89. The van der Waals surface area contributed by atoms with Gasteiger partial charge in [-0.15, -0.1) is 0 Å². The normalized spacial score (nSPS) is 24.6. The fourth-order valence-corrected chi connectivity index (χ4v) is 2.93. The van der Waals surface area contributed by atoms with E-state index in [4.69, 9.17) is 0 Å². The number of rotatable bonds is 3. The van der Waals surface area contributed by atoms with Crippen LogP contribution >= 0.6 is 0 Å². The lowest BCUT2D eigenvalue weighted by Crippen LogP contribution is -2.43. The zero-order valence-electron chi connectivity index (χ0n) is 11.1. The van der Waals surface area contributed by atoms with E-state index in [0.717, 1.165) is 19.0 Å². The predicted molar refractivity (Wildman–Crippen MR) is 70.4 cm³/mol. The summed E-state index contributed by atoms with van der Waals surface area (Å²) in [5.41, 5.74) is -0.323. The van der Waals surface area contributed by atoms with Crippen molar-refractivity contribution in [1.29, 1.82) is 0 Å². The molecule has 3 rings (SSSR count). The number of nitrogens with one attached hydrogen (secondary N) is 2. The molecule has 1 aliphatic heterocycles. The first-order valence-corrected chi connectivity index (χ1v) is 6.98. The molecule has 1 saturated heterocycles. The molecule has 1 aromatic rings. The molecule has 2 N–H and O–H groups in total. The molecule has 2 fully saturated rings. The van der Waals surface area contributed by atoms with Gasteiger partial charge >= 0.3 is 6.18 Å². The van der Waals surface area contributed by atoms with Crippen LogP contribution < -0.4 is 10.6 Å². The monoisotopic (exact) mass is 285 g/mol. The van der Waals surface area contributed by atoms with Crippen LogP contribution in [-0.2, 0) is 6.18 Å². The van der Waals surface area contributed by atoms with Gasteiger partial charge in [-0.1, -0.05) is 6.07 Å². The molecule has 3 nitrogen and oxygen atoms in total. The molecule has 2 heterocycles. The molecule has 1 atom stereocenters. The Kier molecular flexibility index (Phi) is 3.36. The highest BCUT2D eigenvalue weighted by molar-refractivity contribution is 5.36. The highest BCUT2D eigenvalue weighted by Gasteiger charge is 2.45. The number of nitrogens with zero attached hydrogens (tertiary/aromatic N) is 1. The number of hydrogen-bond acceptors (Lipinski definition) is 3. The third-order valence-corrected chi connectivity index (χ3v) is 4.29. The number of halogens is 3. The van der Waals surface area contributed by atoms with Crippen LogP contribution in [0.4, 0.5) is 19.0 Å². The topological polar surface area (TPSA) is 37.0 Å². The molecule has 1 saturated carbocycles. The van der Waals surface area contributed by atoms with E-state index in [1.165, 1.54) is 25.3 Å². The minimum Gasteiger partial charge on any atom is -0.368 e. The van der Waals surface area contributed by atoms with Gasteiger partial charge in [0.2, 0.25) is 0 Å². The van der Waals surface area contributed by atoms with E-state index in [1.54, 1.807) is 6.07 Å². The molecule has 2 aliphatic rings. The average Bonchev–Trinajstić information content (AvgIpc) is 3.15. The van der Waals surface area contributed by atoms with Crippen LogP contribution in [-0.4, -0.2) is 24.1 Å². The largest absolute Gasteiger partial charge is 0.433 e. The van der Waals surface area contributed by atoms with Crippen LogP contribution in [0.1, 0.15) is 31.4 Å². The summed E-state index contributed by atoms with van der Waals surface area (Å²) in [6, 6.07) is 4.27. The second kappa shape index (κ2) is 4.91. The van der Waals surface area contributed by atoms with E-state index >= 15 is 0 Å². The quantitative estimate of drug-likeness (QED) is 0.896. The van der Waals surface area contributed by atoms with Gasteiger partial charge in [0.15, 0.2) is 0 Å². The summed E-state index contributed by atoms with van der Waals surface area (Å²) in [7, 11) is 0. The van der Waals surface area contributed by atoms with E-state index in [0.29, 0.717) is 18.0 Å². The summed E-state index contributed by atoms with van der Waals surface area (Å²) < 4.78 is 37.7. The summed E-state index contributed by atoms with van der Waals surface area (Å²) in [6.45, 7) is 1.62. The van der Waals surface area contributed by atoms with Gasteiger partial charge in [0.25, 0.3) is 0 Å². The predicted octanol–water partition coefficient (Wildman–Crippen LogP) is 3.04. The third kappa shape index (κ3) is 3.06. The fourth-order valence-electron chi connectivity index (χ4n) is 2.93. The van der Waals surface area contributed by atoms with E-state index < -0.39 is 11.9 Å². The smallest absolute Gasteiger partial charge is 0.368 e. The van der Waals surface area contributed by atoms with Crippen LogP contribution in [0.2, 0.25) is 0 Å². The van der Waals surface area contributed by atoms with Crippen molar-refractivity contribution >= 4 is 5.82 Å². The van der Waals surface area contributed by atoms with E-state index in [1.807, 2.05) is 0 Å². The zero-order chi connectivity index (χ0) is 14.2. The Bertz CT molecular complexity index is 483. The van der Waals surface area contributed by atoms with Crippen LogP contribution in [0.5, 0.6) is 0 Å². The summed E-state index contributed by atoms with van der Waals surface area (Å²) in [5, 5.41) is 6.44. The summed E-state index contributed by atoms with van der Waals surface area (Å²) >= 11 is 0. The van der Waals surface area contributed by atoms with Crippen molar-refractivity contribution in [3.05, 3.63) is 23.9 Å². The van der Waals surface area contributed by atoms with Gasteiger partial charge in [-0.3, -0.25) is 0 Å². The Labute approximate surface area is 116 Å². The molecular formula is C14H18F3N3. The molecule has 0 bridgehead atoms. The van der Waals surface area contributed by atoms with E-state index in [-0.39, 0.29) is 5.82 Å². The Morgan fingerprint density at radius 3 is 2.80 bits per heavy atom. The lowest BCUT2D eigenvalue weighted by molar-refractivity contribution is -0.141. The van der Waals surface area contributed by atoms with Crippen LogP contribution in [0.15, 0.2) is 18.2 Å². The second-order valence-corrected chi connectivity index (χ2v) is 5.89. The Balaban J connectivity index is 1.58. The molecule has 0 radical (unpaired) electrons. The standard InChI is InChI=1S/C14H18F3N3/c15-14(16,17)11-2-1-3-12(20-11)19-9-10-8-13(4-5-13)6-7-18-10/h1-3,10,18H,4-9H2,(H,19,20)/t10-/m0/s1. The number of aromatic nitrogens is 1. The van der Waals surface area contributed by atoms with Gasteiger partial charge in [0.1, 0.15) is 11.5 Å². The highest BCUT2D eigenvalue weighted by atomic mass is 19.4. The number of pyridine rings is 1. The number of hydrogen-bond donors (Lipinski definition) is 2. The molecule has 1 aliphatic carbocycles. The van der Waals surface area contributed by atoms with Gasteiger partial charge in [0.05, 0.1) is 0 Å². The molecule has 1 spiro atoms. The first-order chi connectivity index (χ1) is 9.47. The highest BCUT2D eigenvalue weighted by Crippen LogP contribution is 2.53. The molecule has 0 unspecified atom stereocenters. The van der Waals surface area contributed by atoms with Crippen LogP contribution in [0.3, 0.4) is 0 Å². The van der Waals surface area contributed by atoms with Gasteiger partial charge in [-0.25, -0.2) is 4.98 Å². The zero-order valence-corrected chi connectivity index (χ0v) is 11.1. The molecule has 6 heteroatoms. The van der Waals surface area contributed by atoms with Crippen molar-refractivity contribution in [3.63, 3.8) is 0 Å². The number of anilines is 1. The minimum absolute atomic E-state index is 0.289. The van der Waals surface area contributed by atoms with Gasteiger partial charge in [-0.2, -0.15) is 13.2 Å². The van der Waals surface area contributed by atoms with Gasteiger partial charge in [-0.05, 0) is 49.8 Å². The lowest BCUT2D eigenvalue weighted by atomic mass is 9.89. The summed E-state index contributed by atoms with van der Waals surface area (Å²) in [4.78, 5) is 3.62. The molecule has 110 valence electrons. The average molecular weight is 285 g/mol. The first kappa shape index (κ1) is 13.7. The van der Waals surface area contributed by atoms with Gasteiger partial charge in [0, 0.05) is 12.6 Å². The Hall–Kier alpha value is -1.30. The summed E-state index contributed by atoms with van der Waals surface area (Å²) in [5.74, 6) is 0.289. The Morgan fingerprint density at radius 2 is 2.10 bits per heavy atom. The van der Waals surface area contributed by atoms with E-state index in [9.17, 15) is 13.2 Å². The van der Waals surface area contributed by atoms with Crippen molar-refractivity contribution in [1.82, 2.24) is 10.3 Å². The van der Waals surface area contributed by atoms with Crippen molar-refractivity contribution in [3.8, 4) is 0 Å².